The second-order valence-electron chi connectivity index (χ2n) is 5.29. The maximum absolute atomic E-state index is 6.01. The number of nitrogens with zero attached hydrogens (tertiary/aromatic N) is 4. The van der Waals surface area contributed by atoms with Gasteiger partial charge in [-0.25, -0.2) is 9.50 Å². The lowest BCUT2D eigenvalue weighted by Crippen LogP contribution is -2.42. The van der Waals surface area contributed by atoms with Gasteiger partial charge in [0.25, 0.3) is 0 Å². The maximum atomic E-state index is 6.01. The van der Waals surface area contributed by atoms with Crippen molar-refractivity contribution in [3.05, 3.63) is 29.7 Å². The summed E-state index contributed by atoms with van der Waals surface area (Å²) in [7, 11) is 2.14. The second-order valence-corrected chi connectivity index (χ2v) is 5.29. The quantitative estimate of drug-likeness (QED) is 0.818. The fraction of sp³-hybridized carbons (Fsp3) is 0.538. The van der Waals surface area contributed by atoms with Crippen molar-refractivity contribution in [3.8, 4) is 0 Å². The molecule has 0 saturated carbocycles. The first-order chi connectivity index (χ1) is 8.65. The Labute approximate surface area is 107 Å². The van der Waals surface area contributed by atoms with Gasteiger partial charge in [-0.3, -0.25) is 4.90 Å². The molecule has 2 aromatic rings. The van der Waals surface area contributed by atoms with Crippen LogP contribution in [0.4, 0.5) is 0 Å². The van der Waals surface area contributed by atoms with Crippen LogP contribution >= 0.6 is 0 Å². The summed E-state index contributed by atoms with van der Waals surface area (Å²) < 4.78 is 1.87. The summed E-state index contributed by atoms with van der Waals surface area (Å²) >= 11 is 0. The molecule has 18 heavy (non-hydrogen) atoms. The third-order valence-electron chi connectivity index (χ3n) is 3.76. The van der Waals surface area contributed by atoms with Gasteiger partial charge in [0.15, 0.2) is 5.65 Å². The van der Waals surface area contributed by atoms with Crippen LogP contribution in [-0.2, 0) is 0 Å². The Hall–Kier alpha value is -1.46. The Morgan fingerprint density at radius 1 is 1.39 bits per heavy atom. The molecule has 0 spiro atoms. The van der Waals surface area contributed by atoms with E-state index in [0.717, 1.165) is 25.0 Å². The lowest BCUT2D eigenvalue weighted by Gasteiger charge is -2.36. The number of aromatic nitrogens is 3. The highest BCUT2D eigenvalue weighted by molar-refractivity contribution is 5.49. The Kier molecular flexibility index (Phi) is 2.80. The van der Waals surface area contributed by atoms with Crippen LogP contribution in [-0.4, -0.2) is 39.1 Å². The molecule has 0 radical (unpaired) electrons. The van der Waals surface area contributed by atoms with E-state index in [1.165, 1.54) is 11.1 Å². The minimum absolute atomic E-state index is 0.296. The van der Waals surface area contributed by atoms with Crippen molar-refractivity contribution in [2.45, 2.75) is 31.8 Å². The van der Waals surface area contributed by atoms with E-state index in [1.807, 2.05) is 10.7 Å². The van der Waals surface area contributed by atoms with E-state index in [4.69, 9.17) is 5.73 Å². The molecule has 2 unspecified atom stereocenters. The van der Waals surface area contributed by atoms with E-state index in [-0.39, 0.29) is 0 Å². The molecule has 2 atom stereocenters. The number of piperidine rings is 1. The molecule has 1 fully saturated rings. The van der Waals surface area contributed by atoms with Gasteiger partial charge < -0.3 is 5.73 Å². The van der Waals surface area contributed by atoms with E-state index in [9.17, 15) is 0 Å². The fourth-order valence-electron chi connectivity index (χ4n) is 2.91. The summed E-state index contributed by atoms with van der Waals surface area (Å²) in [5, 5.41) is 4.24. The molecule has 0 bridgehead atoms. The molecule has 0 aliphatic carbocycles. The zero-order chi connectivity index (χ0) is 12.7. The highest BCUT2D eigenvalue weighted by atomic mass is 15.3. The molecular weight excluding hydrogens is 226 g/mol. The number of rotatable bonds is 1. The van der Waals surface area contributed by atoms with Gasteiger partial charge in [-0.1, -0.05) is 0 Å². The third-order valence-corrected chi connectivity index (χ3v) is 3.76. The first-order valence-corrected chi connectivity index (χ1v) is 6.41. The molecule has 2 N–H and O–H groups in total. The van der Waals surface area contributed by atoms with E-state index < -0.39 is 0 Å². The zero-order valence-electron chi connectivity index (χ0n) is 10.9. The average Bonchev–Trinajstić information content (AvgIpc) is 2.76. The smallest absolute Gasteiger partial charge is 0.160 e. The number of fused-ring (bicyclic) bond motifs is 1. The first-order valence-electron chi connectivity index (χ1n) is 6.41. The van der Waals surface area contributed by atoms with Crippen LogP contribution in [0.15, 0.2) is 18.6 Å². The predicted octanol–water partition coefficient (Wildman–Crippen LogP) is 1.13. The number of hydrogen-bond donors (Lipinski definition) is 1. The van der Waals surface area contributed by atoms with Gasteiger partial charge in [-0.05, 0) is 38.4 Å². The molecule has 1 saturated heterocycles. The molecule has 3 heterocycles. The van der Waals surface area contributed by atoms with Gasteiger partial charge in [0.1, 0.15) is 6.33 Å². The van der Waals surface area contributed by atoms with Crippen LogP contribution in [0, 0.1) is 6.92 Å². The minimum atomic E-state index is 0.296. The topological polar surface area (TPSA) is 59.5 Å². The number of likely N-dealkylation sites (N-methyl/N-ethyl adjacent to an activating group) is 1. The normalized spacial score (nSPS) is 25.7. The Bertz CT molecular complexity index is 562. The number of nitrogens with two attached hydrogens (primary N) is 1. The highest BCUT2D eigenvalue weighted by Crippen LogP contribution is 2.31. The second kappa shape index (κ2) is 4.33. The molecule has 5 nitrogen and oxygen atoms in total. The van der Waals surface area contributed by atoms with Crippen LogP contribution in [0.1, 0.15) is 30.0 Å². The zero-order valence-corrected chi connectivity index (χ0v) is 10.9. The lowest BCUT2D eigenvalue weighted by atomic mass is 9.93. The van der Waals surface area contributed by atoms with Gasteiger partial charge in [0.05, 0.1) is 0 Å². The van der Waals surface area contributed by atoms with Crippen molar-refractivity contribution in [1.29, 1.82) is 0 Å². The van der Waals surface area contributed by atoms with Crippen LogP contribution < -0.4 is 5.73 Å². The standard InChI is InChI=1S/C13H19N5/c1-9-5-11(13-15-8-16-18(13)6-9)12-4-3-10(14)7-17(12)2/h5-6,8,10,12H,3-4,7,14H2,1-2H3. The fourth-order valence-corrected chi connectivity index (χ4v) is 2.91. The molecule has 0 amide bonds. The number of aryl methyl sites for hydroxylation is 1. The van der Waals surface area contributed by atoms with E-state index in [0.29, 0.717) is 12.1 Å². The molecule has 3 rings (SSSR count). The third kappa shape index (κ3) is 1.89. The molecule has 5 heteroatoms. The van der Waals surface area contributed by atoms with Gasteiger partial charge in [-0.15, -0.1) is 0 Å². The SMILES string of the molecule is Cc1cc(C2CCC(N)CN2C)c2ncnn2c1. The molecular formula is C13H19N5. The monoisotopic (exact) mass is 245 g/mol. The molecule has 96 valence electrons. The number of pyridine rings is 1. The van der Waals surface area contributed by atoms with Crippen molar-refractivity contribution in [2.75, 3.05) is 13.6 Å². The number of hydrogen-bond acceptors (Lipinski definition) is 4. The summed E-state index contributed by atoms with van der Waals surface area (Å²) in [6.07, 6.45) is 5.79. The molecule has 1 aliphatic rings. The van der Waals surface area contributed by atoms with Crippen molar-refractivity contribution < 1.29 is 0 Å². The molecule has 1 aliphatic heterocycles. The summed E-state index contributed by atoms with van der Waals surface area (Å²) in [5.74, 6) is 0. The van der Waals surface area contributed by atoms with Gasteiger partial charge in [0.2, 0.25) is 0 Å². The van der Waals surface area contributed by atoms with Crippen LogP contribution in [0.5, 0.6) is 0 Å². The van der Waals surface area contributed by atoms with Crippen molar-refractivity contribution in [1.82, 2.24) is 19.5 Å². The van der Waals surface area contributed by atoms with Crippen molar-refractivity contribution in [2.24, 2.45) is 5.73 Å². The van der Waals surface area contributed by atoms with Crippen LogP contribution in [0.25, 0.3) is 5.65 Å². The highest BCUT2D eigenvalue weighted by Gasteiger charge is 2.27. The largest absolute Gasteiger partial charge is 0.327 e. The Morgan fingerprint density at radius 3 is 3.00 bits per heavy atom. The van der Waals surface area contributed by atoms with Gasteiger partial charge >= 0.3 is 0 Å². The van der Waals surface area contributed by atoms with Gasteiger partial charge in [0, 0.05) is 30.4 Å². The molecule has 2 aromatic heterocycles. The van der Waals surface area contributed by atoms with Crippen LogP contribution in [0.2, 0.25) is 0 Å². The average molecular weight is 245 g/mol. The molecule has 0 aromatic carbocycles. The van der Waals surface area contributed by atoms with Gasteiger partial charge in [-0.2, -0.15) is 5.10 Å². The number of likely N-dealkylation sites (tertiary alicyclic amines) is 1. The maximum Gasteiger partial charge on any atom is 0.160 e. The Balaban J connectivity index is 2.05. The summed E-state index contributed by atoms with van der Waals surface area (Å²) in [4.78, 5) is 6.71. The van der Waals surface area contributed by atoms with Crippen molar-refractivity contribution in [3.63, 3.8) is 0 Å². The summed E-state index contributed by atoms with van der Waals surface area (Å²) in [6, 6.07) is 2.92. The first kappa shape index (κ1) is 11.6. The van der Waals surface area contributed by atoms with Crippen LogP contribution in [0.3, 0.4) is 0 Å². The predicted molar refractivity (Wildman–Crippen MR) is 70.3 cm³/mol. The van der Waals surface area contributed by atoms with E-state index in [2.05, 4.69) is 35.0 Å². The lowest BCUT2D eigenvalue weighted by molar-refractivity contribution is 0.170. The van der Waals surface area contributed by atoms with E-state index >= 15 is 0 Å². The summed E-state index contributed by atoms with van der Waals surface area (Å²) in [6.45, 7) is 3.04. The van der Waals surface area contributed by atoms with Crippen molar-refractivity contribution >= 4 is 5.65 Å². The summed E-state index contributed by atoms with van der Waals surface area (Å²) in [5.41, 5.74) is 9.46. The minimum Gasteiger partial charge on any atom is -0.327 e. The Morgan fingerprint density at radius 2 is 2.22 bits per heavy atom. The van der Waals surface area contributed by atoms with E-state index in [1.54, 1.807) is 6.33 Å².